The van der Waals surface area contributed by atoms with Gasteiger partial charge in [-0.3, -0.25) is 4.79 Å². The molecule has 0 spiro atoms. The number of likely N-dealkylation sites (N-methyl/N-ethyl adjacent to an activating group) is 1. The molecule has 1 aliphatic heterocycles. The van der Waals surface area contributed by atoms with Gasteiger partial charge >= 0.3 is 12.1 Å². The van der Waals surface area contributed by atoms with Crippen LogP contribution in [0, 0.1) is 0 Å². The third-order valence-electron chi connectivity index (χ3n) is 3.05. The minimum Gasteiger partial charge on any atom is -0.445 e. The van der Waals surface area contributed by atoms with Crippen molar-refractivity contribution >= 4 is 46.9 Å². The van der Waals surface area contributed by atoms with E-state index in [9.17, 15) is 9.59 Å². The van der Waals surface area contributed by atoms with Gasteiger partial charge in [-0.25, -0.2) is 4.79 Å². The minimum atomic E-state index is -1.65. The number of hydrogen-bond donors (Lipinski definition) is 0. The molecule has 0 aromatic carbocycles. The lowest BCUT2D eigenvalue weighted by Crippen LogP contribution is -2.50. The summed E-state index contributed by atoms with van der Waals surface area (Å²) in [6.45, 7) is 2.78. The largest absolute Gasteiger partial charge is 0.445 e. The van der Waals surface area contributed by atoms with E-state index in [1.54, 1.807) is 14.0 Å². The predicted octanol–water partition coefficient (Wildman–Crippen LogP) is 2.88. The van der Waals surface area contributed by atoms with Crippen LogP contribution in [0.5, 0.6) is 0 Å². The van der Waals surface area contributed by atoms with Crippen molar-refractivity contribution in [3.8, 4) is 0 Å². The lowest BCUT2D eigenvalue weighted by molar-refractivity contribution is -0.207. The van der Waals surface area contributed by atoms with Crippen LogP contribution in [0.3, 0.4) is 0 Å². The number of nitrogens with zero attached hydrogens (tertiary/aromatic N) is 1. The Hall–Kier alpha value is -0.430. The quantitative estimate of drug-likeness (QED) is 0.570. The molecular weight excluding hydrogens is 344 g/mol. The third kappa shape index (κ3) is 6.46. The molecule has 0 aliphatic carbocycles. The van der Waals surface area contributed by atoms with Gasteiger partial charge in [-0.05, 0) is 13.3 Å². The van der Waals surface area contributed by atoms with Gasteiger partial charge in [0.15, 0.2) is 0 Å². The van der Waals surface area contributed by atoms with Gasteiger partial charge in [-0.1, -0.05) is 34.8 Å². The topological polar surface area (TPSA) is 65.1 Å². The molecule has 1 aliphatic rings. The number of hydrogen-bond acceptors (Lipinski definition) is 5. The summed E-state index contributed by atoms with van der Waals surface area (Å²) in [5, 5.41) is 0. The molecule has 0 radical (unpaired) electrons. The summed E-state index contributed by atoms with van der Waals surface area (Å²) >= 11 is 16.6. The van der Waals surface area contributed by atoms with E-state index in [0.29, 0.717) is 12.8 Å². The normalized spacial score (nSPS) is 26.1. The van der Waals surface area contributed by atoms with Gasteiger partial charge in [0.2, 0.25) is 10.1 Å². The molecule has 1 amide bonds. The van der Waals surface area contributed by atoms with E-state index in [1.807, 2.05) is 0 Å². The molecule has 1 unspecified atom stereocenters. The van der Waals surface area contributed by atoms with Crippen molar-refractivity contribution in [2.45, 2.75) is 48.9 Å². The average Bonchev–Trinajstić information content (AvgIpc) is 2.33. The first-order valence-electron chi connectivity index (χ1n) is 6.39. The smallest absolute Gasteiger partial charge is 0.409 e. The first-order valence-corrected chi connectivity index (χ1v) is 7.52. The van der Waals surface area contributed by atoms with Crippen LogP contribution in [0.25, 0.3) is 0 Å². The molecule has 6 nitrogen and oxygen atoms in total. The van der Waals surface area contributed by atoms with Crippen LogP contribution < -0.4 is 0 Å². The highest BCUT2D eigenvalue weighted by Crippen LogP contribution is 2.27. The van der Waals surface area contributed by atoms with Gasteiger partial charge < -0.3 is 19.1 Å². The molecule has 21 heavy (non-hydrogen) atoms. The first-order chi connectivity index (χ1) is 9.60. The highest BCUT2D eigenvalue weighted by molar-refractivity contribution is 6.67. The number of ether oxygens (including phenoxy) is 3. The number of rotatable bonds is 3. The van der Waals surface area contributed by atoms with Crippen LogP contribution in [0.2, 0.25) is 0 Å². The van der Waals surface area contributed by atoms with Gasteiger partial charge in [0.05, 0.1) is 12.1 Å². The van der Waals surface area contributed by atoms with E-state index in [4.69, 9.17) is 49.0 Å². The van der Waals surface area contributed by atoms with Crippen molar-refractivity contribution in [2.24, 2.45) is 0 Å². The highest BCUT2D eigenvalue weighted by atomic mass is 35.6. The number of alkyl halides is 3. The Balaban J connectivity index is 2.50. The molecule has 1 saturated heterocycles. The van der Waals surface area contributed by atoms with E-state index >= 15 is 0 Å². The van der Waals surface area contributed by atoms with Crippen LogP contribution in [0.4, 0.5) is 4.79 Å². The average molecular weight is 363 g/mol. The second-order valence-corrected chi connectivity index (χ2v) is 7.32. The maximum Gasteiger partial charge on any atom is 0.409 e. The summed E-state index contributed by atoms with van der Waals surface area (Å²) < 4.78 is 13.8. The van der Waals surface area contributed by atoms with Gasteiger partial charge in [0.25, 0.3) is 0 Å². The number of halogens is 3. The molecule has 0 aromatic heterocycles. The van der Waals surface area contributed by atoms with E-state index in [-0.39, 0.29) is 18.8 Å². The second kappa shape index (κ2) is 7.72. The van der Waals surface area contributed by atoms with Crippen molar-refractivity contribution in [3.63, 3.8) is 0 Å². The summed E-state index contributed by atoms with van der Waals surface area (Å²) in [5.41, 5.74) is 0. The van der Waals surface area contributed by atoms with Crippen LogP contribution in [-0.2, 0) is 19.0 Å². The highest BCUT2D eigenvalue weighted by Gasteiger charge is 2.35. The molecular formula is C12H18Cl3NO5. The molecule has 9 heteroatoms. The van der Waals surface area contributed by atoms with Gasteiger partial charge in [-0.15, -0.1) is 0 Å². The Labute approximate surface area is 138 Å². The Kier molecular flexibility index (Phi) is 6.84. The molecule has 122 valence electrons. The Morgan fingerprint density at radius 2 is 1.95 bits per heavy atom. The maximum absolute atomic E-state index is 11.9. The van der Waals surface area contributed by atoms with Crippen LogP contribution in [0.1, 0.15) is 26.7 Å². The van der Waals surface area contributed by atoms with Crippen LogP contribution in [-0.4, -0.2) is 52.8 Å². The molecule has 0 aromatic rings. The predicted molar refractivity (Wildman–Crippen MR) is 78.5 cm³/mol. The van der Waals surface area contributed by atoms with Crippen LogP contribution >= 0.6 is 34.8 Å². The van der Waals surface area contributed by atoms with Crippen molar-refractivity contribution in [1.82, 2.24) is 4.90 Å². The Morgan fingerprint density at radius 1 is 1.33 bits per heavy atom. The molecule has 0 N–H and O–H groups in total. The fraction of sp³-hybridized carbons (Fsp3) is 0.833. The summed E-state index contributed by atoms with van der Waals surface area (Å²) in [6, 6.07) is -0.209. The first kappa shape index (κ1) is 18.6. The van der Waals surface area contributed by atoms with Gasteiger partial charge in [0, 0.05) is 20.4 Å². The Morgan fingerprint density at radius 3 is 2.43 bits per heavy atom. The molecule has 0 saturated carbocycles. The van der Waals surface area contributed by atoms with Crippen molar-refractivity contribution < 1.29 is 23.8 Å². The van der Waals surface area contributed by atoms with E-state index in [2.05, 4.69) is 0 Å². The van der Waals surface area contributed by atoms with E-state index in [1.165, 1.54) is 11.8 Å². The monoisotopic (exact) mass is 361 g/mol. The fourth-order valence-corrected chi connectivity index (χ4v) is 2.26. The van der Waals surface area contributed by atoms with E-state index < -0.39 is 22.1 Å². The summed E-state index contributed by atoms with van der Waals surface area (Å²) in [5.74, 6) is -0.402. The van der Waals surface area contributed by atoms with E-state index in [0.717, 1.165) is 0 Å². The van der Waals surface area contributed by atoms with Crippen molar-refractivity contribution in [2.75, 3.05) is 13.7 Å². The van der Waals surface area contributed by atoms with Gasteiger partial charge in [0.1, 0.15) is 6.61 Å². The second-order valence-electron chi connectivity index (χ2n) is 4.81. The molecule has 3 atom stereocenters. The van der Waals surface area contributed by atoms with Gasteiger partial charge in [-0.2, -0.15) is 0 Å². The number of carbonyl (C=O) groups excluding carboxylic acids is 2. The molecule has 1 fully saturated rings. The van der Waals surface area contributed by atoms with Crippen molar-refractivity contribution in [1.29, 1.82) is 0 Å². The van der Waals surface area contributed by atoms with Crippen molar-refractivity contribution in [3.05, 3.63) is 0 Å². The third-order valence-corrected chi connectivity index (χ3v) is 3.38. The molecule has 1 heterocycles. The number of esters is 1. The zero-order valence-corrected chi connectivity index (χ0v) is 14.2. The molecule has 1 rings (SSSR count). The lowest BCUT2D eigenvalue weighted by atomic mass is 10.0. The molecule has 0 bridgehead atoms. The van der Waals surface area contributed by atoms with Crippen LogP contribution in [0.15, 0.2) is 0 Å². The SMILES string of the molecule is CC(=O)OC1CC[C@H](N(C)C(=O)OCC(Cl)(Cl)Cl)[C@@H](C)O1. The maximum atomic E-state index is 11.9. The lowest BCUT2D eigenvalue weighted by Gasteiger charge is -2.38. The zero-order chi connectivity index (χ0) is 16.2. The zero-order valence-electron chi connectivity index (χ0n) is 12.0. The fourth-order valence-electron chi connectivity index (χ4n) is 2.10. The summed E-state index contributed by atoms with van der Waals surface area (Å²) in [6.07, 6.45) is -0.393. The standard InChI is InChI=1S/C12H18Cl3NO5/c1-7-9(4-5-10(20-7)21-8(2)17)16(3)11(18)19-6-12(13,14)15/h7,9-10H,4-6H2,1-3H3/t7-,9+,10?/m1/s1. The minimum absolute atomic E-state index is 0.209. The number of amides is 1. The number of carbonyl (C=O) groups is 2. The summed E-state index contributed by atoms with van der Waals surface area (Å²) in [7, 11) is 1.58. The Bertz CT molecular complexity index is 388. The summed E-state index contributed by atoms with van der Waals surface area (Å²) in [4.78, 5) is 24.2.